The molecule has 1 amide bonds. The average Bonchev–Trinajstić information content (AvgIpc) is 3.22. The number of amidine groups is 1. The van der Waals surface area contributed by atoms with E-state index in [-0.39, 0.29) is 17.6 Å². The van der Waals surface area contributed by atoms with Gasteiger partial charge in [0.1, 0.15) is 11.5 Å². The number of rotatable bonds is 3. The highest BCUT2D eigenvalue weighted by molar-refractivity contribution is 9.07. The van der Waals surface area contributed by atoms with Crippen molar-refractivity contribution in [3.05, 3.63) is 40.7 Å². The maximum absolute atomic E-state index is 14.8. The molecule has 0 radical (unpaired) electrons. The lowest BCUT2D eigenvalue weighted by Crippen LogP contribution is -2.37. The fourth-order valence-electron chi connectivity index (χ4n) is 3.86. The van der Waals surface area contributed by atoms with Crippen LogP contribution >= 0.6 is 39.7 Å². The molecule has 1 saturated carbocycles. The van der Waals surface area contributed by atoms with Gasteiger partial charge in [-0.3, -0.25) is 13.7 Å². The van der Waals surface area contributed by atoms with Crippen molar-refractivity contribution in [1.82, 2.24) is 3.93 Å². The standard InChI is InChI=1S/C17H18BrFN4OS2/c18-23-9-25-8-14(23)15(24)21-11-3-4-13(19)12(6-11)17-5-1-2-10(17)7-26-16(20)22-17/h3-4,6,8,10H,1-2,5,7,9H2,(H2,20,22)(H,21,24)/t10-,17-/m0/s1. The lowest BCUT2D eigenvalue weighted by Gasteiger charge is -2.36. The van der Waals surface area contributed by atoms with Gasteiger partial charge in [-0.25, -0.2) is 4.39 Å². The van der Waals surface area contributed by atoms with Crippen molar-refractivity contribution in [1.29, 1.82) is 0 Å². The Balaban J connectivity index is 1.67. The highest BCUT2D eigenvalue weighted by Crippen LogP contribution is 2.51. The number of carbonyl (C=O) groups is 1. The zero-order valence-electron chi connectivity index (χ0n) is 13.9. The third-order valence-corrected chi connectivity index (χ3v) is 7.81. The Labute approximate surface area is 168 Å². The smallest absolute Gasteiger partial charge is 0.273 e. The highest BCUT2D eigenvalue weighted by atomic mass is 79.9. The second-order valence-electron chi connectivity index (χ2n) is 6.58. The molecular weight excluding hydrogens is 439 g/mol. The first-order valence-electron chi connectivity index (χ1n) is 8.34. The number of nitrogens with zero attached hydrogens (tertiary/aromatic N) is 2. The quantitative estimate of drug-likeness (QED) is 0.673. The zero-order valence-corrected chi connectivity index (χ0v) is 17.1. The molecule has 3 aliphatic rings. The van der Waals surface area contributed by atoms with Crippen LogP contribution in [-0.2, 0) is 10.3 Å². The summed E-state index contributed by atoms with van der Waals surface area (Å²) in [5, 5.41) is 5.17. The minimum Gasteiger partial charge on any atom is -0.379 e. The summed E-state index contributed by atoms with van der Waals surface area (Å²) < 4.78 is 16.5. The number of halogens is 2. The number of benzene rings is 1. The normalized spacial score (nSPS) is 27.8. The van der Waals surface area contributed by atoms with Crippen LogP contribution in [-0.4, -0.2) is 26.6 Å². The number of fused-ring (bicyclic) bond motifs is 1. The molecule has 1 aliphatic carbocycles. The van der Waals surface area contributed by atoms with E-state index in [0.29, 0.717) is 28.0 Å². The van der Waals surface area contributed by atoms with E-state index < -0.39 is 5.54 Å². The number of amides is 1. The predicted molar refractivity (Wildman–Crippen MR) is 109 cm³/mol. The van der Waals surface area contributed by atoms with Gasteiger partial charge < -0.3 is 11.1 Å². The van der Waals surface area contributed by atoms with Crippen LogP contribution in [0.15, 0.2) is 34.3 Å². The van der Waals surface area contributed by atoms with Crippen LogP contribution in [0.2, 0.25) is 0 Å². The molecule has 2 aliphatic heterocycles. The molecule has 138 valence electrons. The largest absolute Gasteiger partial charge is 0.379 e. The molecule has 0 bridgehead atoms. The minimum atomic E-state index is -0.607. The topological polar surface area (TPSA) is 70.7 Å². The Morgan fingerprint density at radius 1 is 1.50 bits per heavy atom. The molecule has 0 spiro atoms. The highest BCUT2D eigenvalue weighted by Gasteiger charge is 2.48. The molecule has 4 rings (SSSR count). The number of aliphatic imine (C=N–C) groups is 1. The summed E-state index contributed by atoms with van der Waals surface area (Å²) in [5.41, 5.74) is 7.01. The summed E-state index contributed by atoms with van der Waals surface area (Å²) >= 11 is 6.41. The zero-order chi connectivity index (χ0) is 18.3. The van der Waals surface area contributed by atoms with E-state index in [2.05, 4.69) is 21.5 Å². The van der Waals surface area contributed by atoms with Crippen LogP contribution in [0.1, 0.15) is 24.8 Å². The van der Waals surface area contributed by atoms with Crippen molar-refractivity contribution in [2.75, 3.05) is 16.9 Å². The fraction of sp³-hybridized carbons (Fsp3) is 0.412. The SMILES string of the molecule is NC1=N[C@@]2(c3cc(NC(=O)C4=CSCN4Br)ccc3F)CCC[C@H]2CS1. The Bertz CT molecular complexity index is 818. The first-order valence-corrected chi connectivity index (χ1v) is 11.1. The predicted octanol–water partition coefficient (Wildman–Crippen LogP) is 3.98. The summed E-state index contributed by atoms with van der Waals surface area (Å²) in [4.78, 5) is 17.2. The van der Waals surface area contributed by atoms with Crippen molar-refractivity contribution in [2.24, 2.45) is 16.6 Å². The van der Waals surface area contributed by atoms with Gasteiger partial charge in [-0.05, 0) is 37.0 Å². The van der Waals surface area contributed by atoms with Crippen molar-refractivity contribution in [3.8, 4) is 0 Å². The van der Waals surface area contributed by atoms with Crippen LogP contribution in [0.4, 0.5) is 10.1 Å². The molecule has 1 aromatic carbocycles. The van der Waals surface area contributed by atoms with E-state index in [0.717, 1.165) is 25.0 Å². The van der Waals surface area contributed by atoms with Crippen molar-refractivity contribution in [3.63, 3.8) is 0 Å². The monoisotopic (exact) mass is 456 g/mol. The molecular formula is C17H18BrFN4OS2. The second-order valence-corrected chi connectivity index (χ2v) is 9.31. The first-order chi connectivity index (χ1) is 12.5. The van der Waals surface area contributed by atoms with Gasteiger partial charge in [0.2, 0.25) is 0 Å². The molecule has 2 atom stereocenters. The Morgan fingerprint density at radius 2 is 2.35 bits per heavy atom. The van der Waals surface area contributed by atoms with Crippen LogP contribution < -0.4 is 11.1 Å². The molecule has 0 saturated heterocycles. The maximum atomic E-state index is 14.8. The van der Waals surface area contributed by atoms with E-state index in [1.165, 1.54) is 17.8 Å². The van der Waals surface area contributed by atoms with Crippen molar-refractivity contribution in [2.45, 2.75) is 24.8 Å². The number of thioether (sulfide) groups is 2. The van der Waals surface area contributed by atoms with Crippen LogP contribution in [0.5, 0.6) is 0 Å². The van der Waals surface area contributed by atoms with Gasteiger partial charge in [-0.2, -0.15) is 0 Å². The Morgan fingerprint density at radius 3 is 3.12 bits per heavy atom. The number of hydrogen-bond donors (Lipinski definition) is 2. The van der Waals surface area contributed by atoms with Crippen LogP contribution in [0, 0.1) is 11.7 Å². The minimum absolute atomic E-state index is 0.230. The second kappa shape index (κ2) is 7.09. The van der Waals surface area contributed by atoms with E-state index in [1.54, 1.807) is 33.2 Å². The molecule has 0 aromatic heterocycles. The summed E-state index contributed by atoms with van der Waals surface area (Å²) in [6, 6.07) is 4.72. The van der Waals surface area contributed by atoms with Gasteiger partial charge in [0.15, 0.2) is 5.17 Å². The van der Waals surface area contributed by atoms with E-state index in [9.17, 15) is 9.18 Å². The molecule has 9 heteroatoms. The molecule has 2 heterocycles. The lowest BCUT2D eigenvalue weighted by molar-refractivity contribution is -0.113. The maximum Gasteiger partial charge on any atom is 0.273 e. The van der Waals surface area contributed by atoms with Gasteiger partial charge in [0, 0.05) is 22.4 Å². The summed E-state index contributed by atoms with van der Waals surface area (Å²) in [6.07, 6.45) is 2.80. The number of nitrogens with two attached hydrogens (primary N) is 1. The third kappa shape index (κ3) is 3.14. The van der Waals surface area contributed by atoms with E-state index >= 15 is 0 Å². The summed E-state index contributed by atoms with van der Waals surface area (Å²) in [6.45, 7) is 0. The number of nitrogens with one attached hydrogen (secondary N) is 1. The number of anilines is 1. The molecule has 26 heavy (non-hydrogen) atoms. The fourth-order valence-corrected chi connectivity index (χ4v) is 6.39. The number of carbonyl (C=O) groups excluding carboxylic acids is 1. The van der Waals surface area contributed by atoms with Gasteiger partial charge in [0.25, 0.3) is 5.91 Å². The van der Waals surface area contributed by atoms with Crippen LogP contribution in [0.3, 0.4) is 0 Å². The summed E-state index contributed by atoms with van der Waals surface area (Å²) in [7, 11) is 0. The molecule has 1 fully saturated rings. The lowest BCUT2D eigenvalue weighted by atomic mass is 9.81. The van der Waals surface area contributed by atoms with E-state index in [4.69, 9.17) is 10.7 Å². The number of hydrogen-bond acceptors (Lipinski definition) is 6. The van der Waals surface area contributed by atoms with Gasteiger partial charge in [0.05, 0.1) is 27.6 Å². The van der Waals surface area contributed by atoms with Gasteiger partial charge in [-0.1, -0.05) is 18.2 Å². The average molecular weight is 457 g/mol. The molecule has 1 aromatic rings. The molecule has 3 N–H and O–H groups in total. The van der Waals surface area contributed by atoms with Crippen molar-refractivity contribution < 1.29 is 9.18 Å². The van der Waals surface area contributed by atoms with Crippen LogP contribution in [0.25, 0.3) is 0 Å². The first kappa shape index (κ1) is 18.2. The molecule has 0 unspecified atom stereocenters. The Hall–Kier alpha value is -1.19. The third-order valence-electron chi connectivity index (χ3n) is 5.10. The molecule has 5 nitrogen and oxygen atoms in total. The van der Waals surface area contributed by atoms with Gasteiger partial charge >= 0.3 is 0 Å². The van der Waals surface area contributed by atoms with Gasteiger partial charge in [-0.15, -0.1) is 11.8 Å². The Kier molecular flexibility index (Phi) is 4.96. The van der Waals surface area contributed by atoms with Crippen molar-refractivity contribution >= 4 is 56.4 Å². The summed E-state index contributed by atoms with van der Waals surface area (Å²) in [5.74, 6) is 1.28. The van der Waals surface area contributed by atoms with E-state index in [1.807, 2.05) is 0 Å².